The quantitative estimate of drug-likeness (QED) is 0.634. The van der Waals surface area contributed by atoms with Gasteiger partial charge in [-0.15, -0.1) is 0 Å². The molecule has 0 N–H and O–H groups in total. The third-order valence-corrected chi connectivity index (χ3v) is 5.48. The number of aryl methyl sites for hydroxylation is 1. The molecule has 1 saturated heterocycles. The molecule has 160 valence electrons. The van der Waals surface area contributed by atoms with Crippen molar-refractivity contribution in [3.05, 3.63) is 92.3 Å². The molecular weight excluding hydrogens is 394 g/mol. The van der Waals surface area contributed by atoms with E-state index in [4.69, 9.17) is 0 Å². The first-order valence-electron chi connectivity index (χ1n) is 10.3. The van der Waals surface area contributed by atoms with Gasteiger partial charge in [0.05, 0.1) is 12.2 Å². The molecule has 2 heterocycles. The van der Waals surface area contributed by atoms with Gasteiger partial charge >= 0.3 is 5.69 Å². The lowest BCUT2D eigenvalue weighted by molar-refractivity contribution is 0.0652. The molecule has 8 nitrogen and oxygen atoms in total. The van der Waals surface area contributed by atoms with Crippen LogP contribution in [-0.2, 0) is 6.54 Å². The summed E-state index contributed by atoms with van der Waals surface area (Å²) in [6, 6.07) is 16.5. The molecule has 2 aromatic carbocycles. The number of piperazine rings is 1. The lowest BCUT2D eigenvalue weighted by atomic mass is 10.2. The molecule has 1 aliphatic heterocycles. The summed E-state index contributed by atoms with van der Waals surface area (Å²) in [5.74, 6) is -0.443. The van der Waals surface area contributed by atoms with Gasteiger partial charge in [-0.1, -0.05) is 42.5 Å². The minimum Gasteiger partial charge on any atom is -0.335 e. The van der Waals surface area contributed by atoms with Crippen molar-refractivity contribution in [3.63, 3.8) is 0 Å². The van der Waals surface area contributed by atoms with Crippen LogP contribution in [0.3, 0.4) is 0 Å². The summed E-state index contributed by atoms with van der Waals surface area (Å²) in [5, 5.41) is 4.25. The Kier molecular flexibility index (Phi) is 5.81. The average Bonchev–Trinajstić information content (AvgIpc) is 2.77. The van der Waals surface area contributed by atoms with E-state index in [1.807, 2.05) is 56.4 Å². The van der Waals surface area contributed by atoms with Crippen LogP contribution in [0.4, 0.5) is 0 Å². The molecule has 31 heavy (non-hydrogen) atoms. The number of carbonyl (C=O) groups is 1. The molecule has 0 bridgehead atoms. The zero-order valence-corrected chi connectivity index (χ0v) is 17.7. The van der Waals surface area contributed by atoms with Crippen LogP contribution >= 0.6 is 0 Å². The van der Waals surface area contributed by atoms with Crippen molar-refractivity contribution in [1.29, 1.82) is 0 Å². The van der Waals surface area contributed by atoms with Crippen LogP contribution in [0.5, 0.6) is 0 Å². The minimum absolute atomic E-state index is 0.0653. The first kappa shape index (κ1) is 20.7. The summed E-state index contributed by atoms with van der Waals surface area (Å²) in [7, 11) is 1.99. The second-order valence-corrected chi connectivity index (χ2v) is 7.85. The van der Waals surface area contributed by atoms with Crippen molar-refractivity contribution in [2.45, 2.75) is 13.5 Å². The third-order valence-electron chi connectivity index (χ3n) is 5.48. The highest BCUT2D eigenvalue weighted by molar-refractivity contribution is 5.92. The molecule has 1 fully saturated rings. The van der Waals surface area contributed by atoms with Crippen molar-refractivity contribution in [3.8, 4) is 5.69 Å². The van der Waals surface area contributed by atoms with Gasteiger partial charge in [0.25, 0.3) is 11.5 Å². The predicted molar refractivity (Wildman–Crippen MR) is 118 cm³/mol. The zero-order valence-electron chi connectivity index (χ0n) is 17.7. The normalized spacial score (nSPS) is 14.6. The molecule has 0 saturated carbocycles. The number of amides is 1. The maximum Gasteiger partial charge on any atom is 0.352 e. The van der Waals surface area contributed by atoms with Crippen molar-refractivity contribution in [2.75, 3.05) is 33.2 Å². The maximum atomic E-state index is 13.2. The molecule has 0 unspecified atom stereocenters. The van der Waals surface area contributed by atoms with E-state index in [2.05, 4.69) is 10.00 Å². The Morgan fingerprint density at radius 2 is 1.68 bits per heavy atom. The van der Waals surface area contributed by atoms with Gasteiger partial charge in [0.2, 0.25) is 5.69 Å². The van der Waals surface area contributed by atoms with Gasteiger partial charge in [-0.3, -0.25) is 14.2 Å². The number of rotatable bonds is 4. The summed E-state index contributed by atoms with van der Waals surface area (Å²) < 4.78 is 2.24. The summed E-state index contributed by atoms with van der Waals surface area (Å²) in [6.45, 7) is 4.45. The van der Waals surface area contributed by atoms with Crippen LogP contribution in [-0.4, -0.2) is 63.3 Å². The lowest BCUT2D eigenvalue weighted by Crippen LogP contribution is -2.51. The molecule has 3 aromatic rings. The highest BCUT2D eigenvalue weighted by Crippen LogP contribution is 2.09. The largest absolute Gasteiger partial charge is 0.352 e. The van der Waals surface area contributed by atoms with Gasteiger partial charge in [-0.25, -0.2) is 4.79 Å². The molecule has 4 rings (SSSR count). The fourth-order valence-corrected chi connectivity index (χ4v) is 3.64. The number of hydrogen-bond acceptors (Lipinski definition) is 5. The van der Waals surface area contributed by atoms with Crippen LogP contribution in [0, 0.1) is 6.92 Å². The first-order chi connectivity index (χ1) is 14.9. The van der Waals surface area contributed by atoms with E-state index >= 15 is 0 Å². The Morgan fingerprint density at radius 1 is 0.968 bits per heavy atom. The first-order valence-corrected chi connectivity index (χ1v) is 10.3. The second kappa shape index (κ2) is 8.69. The van der Waals surface area contributed by atoms with Crippen LogP contribution in [0.25, 0.3) is 5.69 Å². The highest BCUT2D eigenvalue weighted by Gasteiger charge is 2.27. The highest BCUT2D eigenvalue weighted by atomic mass is 16.2. The Labute approximate surface area is 180 Å². The second-order valence-electron chi connectivity index (χ2n) is 7.85. The SMILES string of the molecule is Cc1cccc(-n2nc(C(=O)N3CCN(C)CC3)c(=O)n(Cc3ccccc3)c2=O)c1. The van der Waals surface area contributed by atoms with E-state index in [1.54, 1.807) is 17.0 Å². The van der Waals surface area contributed by atoms with Crippen molar-refractivity contribution in [2.24, 2.45) is 0 Å². The molecule has 0 atom stereocenters. The van der Waals surface area contributed by atoms with E-state index < -0.39 is 17.2 Å². The van der Waals surface area contributed by atoms with E-state index in [0.717, 1.165) is 33.5 Å². The van der Waals surface area contributed by atoms with Crippen molar-refractivity contribution in [1.82, 2.24) is 24.1 Å². The summed E-state index contributed by atoms with van der Waals surface area (Å²) in [4.78, 5) is 43.4. The Balaban J connectivity index is 1.85. The fraction of sp³-hybridized carbons (Fsp3) is 0.304. The number of benzene rings is 2. The molecule has 1 aromatic heterocycles. The number of nitrogens with zero attached hydrogens (tertiary/aromatic N) is 5. The molecule has 1 amide bonds. The van der Waals surface area contributed by atoms with E-state index in [9.17, 15) is 14.4 Å². The summed E-state index contributed by atoms with van der Waals surface area (Å²) in [6.07, 6.45) is 0. The molecule has 0 aliphatic carbocycles. The molecule has 8 heteroatoms. The van der Waals surface area contributed by atoms with Gasteiger partial charge in [0.1, 0.15) is 0 Å². The number of aromatic nitrogens is 3. The van der Waals surface area contributed by atoms with E-state index in [1.165, 1.54) is 0 Å². The van der Waals surface area contributed by atoms with Gasteiger partial charge in [0.15, 0.2) is 0 Å². The number of likely N-dealkylation sites (N-methyl/N-ethyl adjacent to an activating group) is 1. The van der Waals surface area contributed by atoms with Crippen LogP contribution in [0.15, 0.2) is 64.2 Å². The molecule has 0 spiro atoms. The van der Waals surface area contributed by atoms with E-state index in [0.29, 0.717) is 18.8 Å². The number of carbonyl (C=O) groups excluding carboxylic acids is 1. The van der Waals surface area contributed by atoms with Gasteiger partial charge in [-0.05, 0) is 37.2 Å². The smallest absolute Gasteiger partial charge is 0.335 e. The van der Waals surface area contributed by atoms with Crippen LogP contribution < -0.4 is 11.2 Å². The average molecular weight is 419 g/mol. The fourth-order valence-electron chi connectivity index (χ4n) is 3.64. The topological polar surface area (TPSA) is 80.4 Å². The molecular formula is C23H25N5O3. The molecule has 1 aliphatic rings. The predicted octanol–water partition coefficient (Wildman–Crippen LogP) is 1.14. The van der Waals surface area contributed by atoms with E-state index in [-0.39, 0.29) is 12.2 Å². The standard InChI is InChI=1S/C23H25N5O3/c1-17-7-6-10-19(15-17)28-23(31)27(16-18-8-4-3-5-9-18)22(30)20(24-28)21(29)26-13-11-25(2)12-14-26/h3-10,15H,11-14,16H2,1-2H3. The Hall–Kier alpha value is -3.52. The van der Waals surface area contributed by atoms with Gasteiger partial charge in [-0.2, -0.15) is 9.78 Å². The van der Waals surface area contributed by atoms with Crippen molar-refractivity contribution < 1.29 is 4.79 Å². The Bertz CT molecular complexity index is 1210. The summed E-state index contributed by atoms with van der Waals surface area (Å²) >= 11 is 0. The van der Waals surface area contributed by atoms with Crippen LogP contribution in [0.2, 0.25) is 0 Å². The maximum absolute atomic E-state index is 13.2. The van der Waals surface area contributed by atoms with Gasteiger partial charge < -0.3 is 9.80 Å². The number of hydrogen-bond donors (Lipinski definition) is 0. The zero-order chi connectivity index (χ0) is 22.0. The lowest BCUT2D eigenvalue weighted by Gasteiger charge is -2.32. The third kappa shape index (κ3) is 4.34. The van der Waals surface area contributed by atoms with Gasteiger partial charge in [0, 0.05) is 26.2 Å². The van der Waals surface area contributed by atoms with Crippen molar-refractivity contribution >= 4 is 5.91 Å². The Morgan fingerprint density at radius 3 is 2.35 bits per heavy atom. The molecule has 0 radical (unpaired) electrons. The minimum atomic E-state index is -0.665. The monoisotopic (exact) mass is 419 g/mol. The van der Waals surface area contributed by atoms with Crippen LogP contribution in [0.1, 0.15) is 21.6 Å². The summed E-state index contributed by atoms with van der Waals surface area (Å²) in [5.41, 5.74) is 0.775.